The lowest BCUT2D eigenvalue weighted by molar-refractivity contribution is 0.0491. The van der Waals surface area contributed by atoms with E-state index in [1.807, 2.05) is 20.8 Å². The van der Waals surface area contributed by atoms with Crippen LogP contribution < -0.4 is 11.1 Å². The molecule has 0 spiro atoms. The van der Waals surface area contributed by atoms with Crippen LogP contribution in [-0.2, 0) is 4.74 Å². The number of halogens is 1. The second kappa shape index (κ2) is 6.30. The number of ether oxygens (including phenoxy) is 1. The van der Waals surface area contributed by atoms with Gasteiger partial charge in [-0.15, -0.1) is 12.4 Å². The average Bonchev–Trinajstić information content (AvgIpc) is 1.99. The molecule has 1 saturated carbocycles. The van der Waals surface area contributed by atoms with E-state index in [1.54, 1.807) is 0 Å². The van der Waals surface area contributed by atoms with Gasteiger partial charge >= 0.3 is 6.09 Å². The van der Waals surface area contributed by atoms with Gasteiger partial charge in [-0.3, -0.25) is 0 Å². The van der Waals surface area contributed by atoms with Crippen molar-refractivity contribution in [1.29, 1.82) is 0 Å². The summed E-state index contributed by atoms with van der Waals surface area (Å²) in [4.78, 5) is 11.5. The average molecular weight is 251 g/mol. The van der Waals surface area contributed by atoms with Crippen LogP contribution in [0.3, 0.4) is 0 Å². The minimum Gasteiger partial charge on any atom is -0.444 e. The lowest BCUT2D eigenvalue weighted by Gasteiger charge is -2.28. The van der Waals surface area contributed by atoms with Gasteiger partial charge in [0.25, 0.3) is 0 Å². The second-order valence-corrected chi connectivity index (χ2v) is 5.27. The van der Waals surface area contributed by atoms with E-state index >= 15 is 0 Å². The summed E-state index contributed by atoms with van der Waals surface area (Å²) in [5.41, 5.74) is 5.41. The molecule has 1 fully saturated rings. The molecule has 0 aromatic rings. The van der Waals surface area contributed by atoms with Crippen LogP contribution >= 0.6 is 12.4 Å². The van der Waals surface area contributed by atoms with Gasteiger partial charge in [-0.1, -0.05) is 0 Å². The molecule has 1 aliphatic rings. The number of hydrogen-bond donors (Lipinski definition) is 2. The molecule has 0 saturated heterocycles. The summed E-state index contributed by atoms with van der Waals surface area (Å²) in [5, 5.41) is 2.86. The summed E-state index contributed by atoms with van der Waals surface area (Å²) in [6, 6.07) is 0.405. The fraction of sp³-hybridized carbons (Fsp3) is 0.909. The summed E-state index contributed by atoms with van der Waals surface area (Å²) in [7, 11) is 0. The largest absolute Gasteiger partial charge is 0.444 e. The third-order valence-corrected chi connectivity index (χ3v) is 2.44. The van der Waals surface area contributed by atoms with Gasteiger partial charge in [0, 0.05) is 12.1 Å². The van der Waals surface area contributed by atoms with Crippen LogP contribution in [0, 0.1) is 0 Å². The van der Waals surface area contributed by atoms with Crippen molar-refractivity contribution in [2.45, 2.75) is 64.1 Å². The highest BCUT2D eigenvalue weighted by molar-refractivity contribution is 5.85. The normalized spacial score (nSPS) is 25.5. The maximum absolute atomic E-state index is 11.5. The van der Waals surface area contributed by atoms with Crippen molar-refractivity contribution in [1.82, 2.24) is 5.32 Å². The number of amides is 1. The molecule has 0 aliphatic heterocycles. The molecular formula is C11H23ClN2O2. The van der Waals surface area contributed by atoms with Crippen molar-refractivity contribution in [2.24, 2.45) is 5.73 Å². The van der Waals surface area contributed by atoms with Gasteiger partial charge in [0.15, 0.2) is 0 Å². The fourth-order valence-corrected chi connectivity index (χ4v) is 1.83. The number of rotatable bonds is 1. The minimum absolute atomic E-state index is 0. The van der Waals surface area contributed by atoms with Gasteiger partial charge in [-0.2, -0.15) is 0 Å². The molecule has 0 radical (unpaired) electrons. The summed E-state index contributed by atoms with van der Waals surface area (Å²) in [6.45, 7) is 5.58. The van der Waals surface area contributed by atoms with Crippen LogP contribution in [0.15, 0.2) is 0 Å². The number of carbonyl (C=O) groups excluding carboxylic acids is 1. The molecule has 96 valence electrons. The Hall–Kier alpha value is -0.480. The van der Waals surface area contributed by atoms with E-state index in [1.165, 1.54) is 0 Å². The summed E-state index contributed by atoms with van der Waals surface area (Å²) in [6.07, 6.45) is 3.68. The molecule has 16 heavy (non-hydrogen) atoms. The third-order valence-electron chi connectivity index (χ3n) is 2.44. The molecule has 0 heterocycles. The first-order valence-corrected chi connectivity index (χ1v) is 5.62. The molecule has 1 amide bonds. The zero-order chi connectivity index (χ0) is 11.5. The maximum atomic E-state index is 11.5. The molecule has 5 heteroatoms. The van der Waals surface area contributed by atoms with E-state index in [2.05, 4.69) is 5.32 Å². The van der Waals surface area contributed by atoms with Crippen molar-refractivity contribution in [3.63, 3.8) is 0 Å². The van der Waals surface area contributed by atoms with Crippen molar-refractivity contribution < 1.29 is 9.53 Å². The van der Waals surface area contributed by atoms with E-state index in [9.17, 15) is 4.79 Å². The first kappa shape index (κ1) is 15.5. The molecule has 0 aromatic heterocycles. The number of hydrogen-bond acceptors (Lipinski definition) is 3. The van der Waals surface area contributed by atoms with Gasteiger partial charge in [0.2, 0.25) is 0 Å². The van der Waals surface area contributed by atoms with Gasteiger partial charge < -0.3 is 15.8 Å². The van der Waals surface area contributed by atoms with Crippen LogP contribution in [0.5, 0.6) is 0 Å². The van der Waals surface area contributed by atoms with E-state index < -0.39 is 5.60 Å². The first-order valence-electron chi connectivity index (χ1n) is 5.62. The Bertz CT molecular complexity index is 229. The molecule has 2 atom stereocenters. The Morgan fingerprint density at radius 1 is 1.38 bits per heavy atom. The molecule has 2 unspecified atom stereocenters. The smallest absolute Gasteiger partial charge is 0.407 e. The van der Waals surface area contributed by atoms with Crippen LogP contribution in [0.1, 0.15) is 46.5 Å². The standard InChI is InChI=1S/C11H22N2O2.ClH/c1-11(2,3)15-10(14)13-9-6-4-5-8(12)7-9;/h8-9H,4-7,12H2,1-3H3,(H,13,14);1H. The van der Waals surface area contributed by atoms with Gasteiger partial charge in [-0.05, 0) is 46.5 Å². The van der Waals surface area contributed by atoms with E-state index in [0.717, 1.165) is 25.7 Å². The van der Waals surface area contributed by atoms with Crippen LogP contribution in [0.4, 0.5) is 4.79 Å². The minimum atomic E-state index is -0.430. The number of nitrogens with two attached hydrogens (primary N) is 1. The van der Waals surface area contributed by atoms with Crippen molar-refractivity contribution in [2.75, 3.05) is 0 Å². The van der Waals surface area contributed by atoms with E-state index in [0.29, 0.717) is 0 Å². The van der Waals surface area contributed by atoms with E-state index in [-0.39, 0.29) is 30.6 Å². The lowest BCUT2D eigenvalue weighted by Crippen LogP contribution is -2.44. The highest BCUT2D eigenvalue weighted by atomic mass is 35.5. The van der Waals surface area contributed by atoms with Gasteiger partial charge in [-0.25, -0.2) is 4.79 Å². The van der Waals surface area contributed by atoms with Crippen molar-refractivity contribution in [3.8, 4) is 0 Å². The molecule has 4 nitrogen and oxygen atoms in total. The van der Waals surface area contributed by atoms with Crippen molar-refractivity contribution >= 4 is 18.5 Å². The van der Waals surface area contributed by atoms with Crippen LogP contribution in [-0.4, -0.2) is 23.8 Å². The molecule has 0 bridgehead atoms. The zero-order valence-electron chi connectivity index (χ0n) is 10.3. The van der Waals surface area contributed by atoms with Crippen LogP contribution in [0.25, 0.3) is 0 Å². The number of alkyl carbamates (subject to hydrolysis) is 1. The van der Waals surface area contributed by atoms with Crippen LogP contribution in [0.2, 0.25) is 0 Å². The maximum Gasteiger partial charge on any atom is 0.407 e. The first-order chi connectivity index (χ1) is 6.87. The monoisotopic (exact) mass is 250 g/mol. The Kier molecular flexibility index (Phi) is 6.11. The highest BCUT2D eigenvalue weighted by Gasteiger charge is 2.23. The Labute approximate surface area is 104 Å². The summed E-state index contributed by atoms with van der Waals surface area (Å²) < 4.78 is 5.18. The zero-order valence-corrected chi connectivity index (χ0v) is 11.1. The molecule has 3 N–H and O–H groups in total. The molecule has 0 aromatic carbocycles. The van der Waals surface area contributed by atoms with E-state index in [4.69, 9.17) is 10.5 Å². The topological polar surface area (TPSA) is 64.3 Å². The fourth-order valence-electron chi connectivity index (χ4n) is 1.83. The van der Waals surface area contributed by atoms with Gasteiger partial charge in [0.05, 0.1) is 0 Å². The number of nitrogens with one attached hydrogen (secondary N) is 1. The predicted molar refractivity (Wildman–Crippen MR) is 66.8 cm³/mol. The predicted octanol–water partition coefficient (Wildman–Crippen LogP) is 2.20. The lowest BCUT2D eigenvalue weighted by atomic mass is 9.92. The molecular weight excluding hydrogens is 228 g/mol. The summed E-state index contributed by atoms with van der Waals surface area (Å²) >= 11 is 0. The Morgan fingerprint density at radius 3 is 2.50 bits per heavy atom. The number of carbonyl (C=O) groups is 1. The third kappa shape index (κ3) is 6.18. The molecule has 1 rings (SSSR count). The molecule has 1 aliphatic carbocycles. The summed E-state index contributed by atoms with van der Waals surface area (Å²) in [5.74, 6) is 0. The SMILES string of the molecule is CC(C)(C)OC(=O)NC1CCCC(N)C1.Cl. The van der Waals surface area contributed by atoms with Gasteiger partial charge in [0.1, 0.15) is 5.60 Å². The highest BCUT2D eigenvalue weighted by Crippen LogP contribution is 2.17. The Morgan fingerprint density at radius 2 is 2.00 bits per heavy atom. The quantitative estimate of drug-likeness (QED) is 0.750. The Balaban J connectivity index is 0.00000225. The second-order valence-electron chi connectivity index (χ2n) is 5.27. The van der Waals surface area contributed by atoms with Crippen molar-refractivity contribution in [3.05, 3.63) is 0 Å².